The van der Waals surface area contributed by atoms with Crippen LogP contribution in [-0.2, 0) is 14.4 Å². The first-order chi connectivity index (χ1) is 18.6. The standard InChI is InChI=1S/C28H24ClF3N4O3/c29-21-9-2-1-8-20(21)25(26(38)34-18-15-28(31,32)16-18)35(19-7-5-6-17(30)14-19)27(39)22-11-12-24(37)36(22)23-10-3-4-13-33-23/h1-10,13-14,18,22,25H,11-12,15-16H2,(H,34,38)/t22-,25-/m0/s1. The van der Waals surface area contributed by atoms with E-state index < -0.39 is 54.5 Å². The molecule has 11 heteroatoms. The van der Waals surface area contributed by atoms with Crippen LogP contribution in [0, 0.1) is 5.82 Å². The van der Waals surface area contributed by atoms with Crippen LogP contribution in [-0.4, -0.2) is 40.7 Å². The molecule has 1 aliphatic heterocycles. The van der Waals surface area contributed by atoms with Gasteiger partial charge in [-0.2, -0.15) is 0 Å². The highest BCUT2D eigenvalue weighted by Crippen LogP contribution is 2.39. The Kier molecular flexibility index (Phi) is 7.31. The third-order valence-electron chi connectivity index (χ3n) is 6.86. The summed E-state index contributed by atoms with van der Waals surface area (Å²) in [6.45, 7) is 0. The number of anilines is 2. The van der Waals surface area contributed by atoms with E-state index in [1.807, 2.05) is 0 Å². The maximum atomic E-state index is 14.5. The second-order valence-corrected chi connectivity index (χ2v) is 10.00. The summed E-state index contributed by atoms with van der Waals surface area (Å²) in [5.41, 5.74) is 0.258. The second-order valence-electron chi connectivity index (χ2n) is 9.59. The molecule has 1 N–H and O–H groups in total. The fourth-order valence-corrected chi connectivity index (χ4v) is 5.27. The number of benzene rings is 2. The minimum Gasteiger partial charge on any atom is -0.351 e. The van der Waals surface area contributed by atoms with Crippen LogP contribution < -0.4 is 15.1 Å². The Morgan fingerprint density at radius 1 is 1.08 bits per heavy atom. The van der Waals surface area contributed by atoms with Gasteiger partial charge < -0.3 is 5.32 Å². The van der Waals surface area contributed by atoms with Gasteiger partial charge in [0, 0.05) is 47.8 Å². The Balaban J connectivity index is 1.60. The van der Waals surface area contributed by atoms with Gasteiger partial charge in [-0.15, -0.1) is 0 Å². The monoisotopic (exact) mass is 556 g/mol. The highest BCUT2D eigenvalue weighted by atomic mass is 35.5. The van der Waals surface area contributed by atoms with Crippen molar-refractivity contribution in [1.29, 1.82) is 0 Å². The molecule has 1 aliphatic carbocycles. The van der Waals surface area contributed by atoms with Crippen LogP contribution in [0.5, 0.6) is 0 Å². The summed E-state index contributed by atoms with van der Waals surface area (Å²) in [4.78, 5) is 47.5. The topological polar surface area (TPSA) is 82.6 Å². The Labute approximate surface area is 227 Å². The number of nitrogens with one attached hydrogen (secondary N) is 1. The molecule has 5 rings (SSSR count). The van der Waals surface area contributed by atoms with Crippen LogP contribution in [0.15, 0.2) is 72.9 Å². The number of amides is 3. The quantitative estimate of drug-likeness (QED) is 0.441. The van der Waals surface area contributed by atoms with E-state index in [0.717, 1.165) is 11.0 Å². The van der Waals surface area contributed by atoms with Gasteiger partial charge in [-0.05, 0) is 42.8 Å². The van der Waals surface area contributed by atoms with Gasteiger partial charge in [0.15, 0.2) is 0 Å². The lowest BCUT2D eigenvalue weighted by Gasteiger charge is -2.39. The van der Waals surface area contributed by atoms with Crippen LogP contribution >= 0.6 is 11.6 Å². The zero-order chi connectivity index (χ0) is 27.7. The number of carbonyl (C=O) groups is 3. The molecule has 39 heavy (non-hydrogen) atoms. The number of alkyl halides is 2. The number of pyridine rings is 1. The second kappa shape index (κ2) is 10.7. The highest BCUT2D eigenvalue weighted by Gasteiger charge is 2.48. The summed E-state index contributed by atoms with van der Waals surface area (Å²) in [5, 5.41) is 2.75. The molecule has 3 amide bonds. The zero-order valence-electron chi connectivity index (χ0n) is 20.6. The molecule has 2 heterocycles. The number of aromatic nitrogens is 1. The van der Waals surface area contributed by atoms with Crippen LogP contribution in [0.2, 0.25) is 5.02 Å². The lowest BCUT2D eigenvalue weighted by molar-refractivity contribution is -0.133. The predicted molar refractivity (Wildman–Crippen MR) is 139 cm³/mol. The maximum Gasteiger partial charge on any atom is 0.252 e. The van der Waals surface area contributed by atoms with Gasteiger partial charge in [0.25, 0.3) is 11.8 Å². The fourth-order valence-electron chi connectivity index (χ4n) is 5.03. The van der Waals surface area contributed by atoms with E-state index in [9.17, 15) is 27.6 Å². The molecule has 2 aromatic carbocycles. The molecule has 2 atom stereocenters. The Bertz CT molecular complexity index is 1400. The number of hydrogen-bond donors (Lipinski definition) is 1. The molecule has 0 unspecified atom stereocenters. The Morgan fingerprint density at radius 2 is 1.82 bits per heavy atom. The summed E-state index contributed by atoms with van der Waals surface area (Å²) in [6.07, 6.45) is 0.607. The van der Waals surface area contributed by atoms with Crippen LogP contribution in [0.4, 0.5) is 24.7 Å². The molecule has 0 spiro atoms. The van der Waals surface area contributed by atoms with Crippen molar-refractivity contribution in [2.24, 2.45) is 0 Å². The fraction of sp³-hybridized carbons (Fsp3) is 0.286. The van der Waals surface area contributed by atoms with Crippen molar-refractivity contribution in [2.75, 3.05) is 9.80 Å². The third-order valence-corrected chi connectivity index (χ3v) is 7.20. The van der Waals surface area contributed by atoms with Gasteiger partial charge >= 0.3 is 0 Å². The van der Waals surface area contributed by atoms with Crippen LogP contribution in [0.25, 0.3) is 0 Å². The largest absolute Gasteiger partial charge is 0.351 e. The Morgan fingerprint density at radius 3 is 2.49 bits per heavy atom. The third kappa shape index (κ3) is 5.47. The Hall–Kier alpha value is -3.92. The van der Waals surface area contributed by atoms with Gasteiger partial charge in [0.2, 0.25) is 11.8 Å². The molecule has 1 saturated carbocycles. The van der Waals surface area contributed by atoms with Crippen molar-refractivity contribution in [3.63, 3.8) is 0 Å². The van der Waals surface area contributed by atoms with Crippen molar-refractivity contribution in [3.8, 4) is 0 Å². The highest BCUT2D eigenvalue weighted by molar-refractivity contribution is 6.31. The van der Waals surface area contributed by atoms with Crippen molar-refractivity contribution in [3.05, 3.63) is 89.3 Å². The molecular weight excluding hydrogens is 533 g/mol. The predicted octanol–water partition coefficient (Wildman–Crippen LogP) is 5.06. The molecule has 1 aromatic heterocycles. The van der Waals surface area contributed by atoms with Crippen molar-refractivity contribution >= 4 is 40.8 Å². The molecule has 2 aliphatic rings. The normalized spacial score (nSPS) is 19.3. The summed E-state index contributed by atoms with van der Waals surface area (Å²) in [5.74, 6) is -5.05. The van der Waals surface area contributed by atoms with E-state index in [4.69, 9.17) is 11.6 Å². The van der Waals surface area contributed by atoms with E-state index in [-0.39, 0.29) is 40.8 Å². The first-order valence-corrected chi connectivity index (χ1v) is 12.8. The number of halogens is 4. The van der Waals surface area contributed by atoms with E-state index in [2.05, 4.69) is 10.3 Å². The average molecular weight is 557 g/mol. The van der Waals surface area contributed by atoms with E-state index in [0.29, 0.717) is 0 Å². The van der Waals surface area contributed by atoms with Crippen molar-refractivity contribution in [2.45, 2.75) is 49.7 Å². The number of rotatable bonds is 7. The lowest BCUT2D eigenvalue weighted by atomic mass is 9.87. The SMILES string of the molecule is O=C(NC1CC(F)(F)C1)[C@H](c1ccccc1Cl)N(C(=O)[C@@H]1CCC(=O)N1c1ccccn1)c1cccc(F)c1. The molecule has 7 nitrogen and oxygen atoms in total. The van der Waals surface area contributed by atoms with E-state index in [1.165, 1.54) is 41.4 Å². The average Bonchev–Trinajstić information content (AvgIpc) is 3.28. The smallest absolute Gasteiger partial charge is 0.252 e. The van der Waals surface area contributed by atoms with E-state index in [1.54, 1.807) is 30.3 Å². The zero-order valence-corrected chi connectivity index (χ0v) is 21.3. The van der Waals surface area contributed by atoms with Crippen molar-refractivity contribution in [1.82, 2.24) is 10.3 Å². The summed E-state index contributed by atoms with van der Waals surface area (Å²) < 4.78 is 41.5. The lowest BCUT2D eigenvalue weighted by Crippen LogP contribution is -2.56. The summed E-state index contributed by atoms with van der Waals surface area (Å²) in [7, 11) is 0. The van der Waals surface area contributed by atoms with Gasteiger partial charge in [0.1, 0.15) is 23.7 Å². The van der Waals surface area contributed by atoms with Gasteiger partial charge in [0.05, 0.1) is 0 Å². The van der Waals surface area contributed by atoms with Crippen LogP contribution in [0.1, 0.15) is 37.3 Å². The molecule has 202 valence electrons. The molecule has 2 fully saturated rings. The van der Waals surface area contributed by atoms with E-state index >= 15 is 0 Å². The minimum absolute atomic E-state index is 0.0410. The minimum atomic E-state index is -2.89. The first kappa shape index (κ1) is 26.7. The maximum absolute atomic E-state index is 14.5. The number of carbonyl (C=O) groups excluding carboxylic acids is 3. The summed E-state index contributed by atoms with van der Waals surface area (Å²) >= 11 is 6.48. The molecular formula is C28H24ClF3N4O3. The molecule has 3 aromatic rings. The van der Waals surface area contributed by atoms with Gasteiger partial charge in [-0.25, -0.2) is 18.2 Å². The number of hydrogen-bond acceptors (Lipinski definition) is 4. The van der Waals surface area contributed by atoms with Crippen LogP contribution in [0.3, 0.4) is 0 Å². The molecule has 0 bridgehead atoms. The number of nitrogens with zero attached hydrogens (tertiary/aromatic N) is 3. The van der Waals surface area contributed by atoms with Gasteiger partial charge in [-0.1, -0.05) is 41.9 Å². The first-order valence-electron chi connectivity index (χ1n) is 12.4. The van der Waals surface area contributed by atoms with Gasteiger partial charge in [-0.3, -0.25) is 24.2 Å². The molecule has 1 saturated heterocycles. The molecule has 0 radical (unpaired) electrons. The van der Waals surface area contributed by atoms with Crippen molar-refractivity contribution < 1.29 is 27.6 Å². The summed E-state index contributed by atoms with van der Waals surface area (Å²) in [6, 6.07) is 13.1.